The third-order valence-corrected chi connectivity index (χ3v) is 3.32. The average Bonchev–Trinajstić information content (AvgIpc) is 2.54. The summed E-state index contributed by atoms with van der Waals surface area (Å²) in [5.74, 6) is -0.537. The van der Waals surface area contributed by atoms with Gasteiger partial charge >= 0.3 is 5.97 Å². The van der Waals surface area contributed by atoms with Gasteiger partial charge in [-0.05, 0) is 38.3 Å². The summed E-state index contributed by atoms with van der Waals surface area (Å²) in [6.07, 6.45) is 4.50. The first-order valence-electron chi connectivity index (χ1n) is 8.10. The highest BCUT2D eigenvalue weighted by atomic mass is 16.5. The number of likely N-dealkylation sites (tertiary alicyclic amines) is 1. The third kappa shape index (κ3) is 6.29. The Bertz CT molecular complexity index is 462. The van der Waals surface area contributed by atoms with E-state index in [0.29, 0.717) is 5.56 Å². The lowest BCUT2D eigenvalue weighted by atomic mass is 10.1. The van der Waals surface area contributed by atoms with Gasteiger partial charge in [-0.15, -0.1) is 0 Å². The molecule has 0 bridgehead atoms. The Kier molecular flexibility index (Phi) is 8.26. The van der Waals surface area contributed by atoms with Crippen molar-refractivity contribution >= 4 is 11.9 Å². The number of benzene rings is 1. The van der Waals surface area contributed by atoms with E-state index >= 15 is 0 Å². The number of aryl methyl sites for hydroxylation is 1. The molecule has 1 aromatic carbocycles. The van der Waals surface area contributed by atoms with Crippen molar-refractivity contribution in [1.29, 1.82) is 0 Å². The van der Waals surface area contributed by atoms with Crippen LogP contribution in [0.1, 0.15) is 55.5 Å². The Morgan fingerprint density at radius 3 is 2.14 bits per heavy atom. The van der Waals surface area contributed by atoms with Crippen LogP contribution >= 0.6 is 0 Å². The molecule has 1 amide bonds. The highest BCUT2D eigenvalue weighted by Crippen LogP contribution is 2.09. The van der Waals surface area contributed by atoms with Crippen LogP contribution in [0, 0.1) is 6.92 Å². The summed E-state index contributed by atoms with van der Waals surface area (Å²) in [5, 5.41) is 0. The van der Waals surface area contributed by atoms with Crippen molar-refractivity contribution in [3.8, 4) is 0 Å². The molecule has 1 aliphatic rings. The van der Waals surface area contributed by atoms with Gasteiger partial charge in [0.2, 0.25) is 0 Å². The van der Waals surface area contributed by atoms with Crippen molar-refractivity contribution in [1.82, 2.24) is 4.90 Å². The lowest BCUT2D eigenvalue weighted by molar-refractivity contribution is -0.135. The fraction of sp³-hybridized carbons (Fsp3) is 0.556. The van der Waals surface area contributed by atoms with Crippen LogP contribution in [-0.4, -0.2) is 36.5 Å². The highest BCUT2D eigenvalue weighted by Gasteiger charge is 2.18. The Morgan fingerprint density at radius 1 is 1.05 bits per heavy atom. The maximum atomic E-state index is 11.8. The summed E-state index contributed by atoms with van der Waals surface area (Å²) in [6, 6.07) is 7.12. The van der Waals surface area contributed by atoms with E-state index in [-0.39, 0.29) is 12.5 Å². The van der Waals surface area contributed by atoms with E-state index in [1.54, 1.807) is 17.0 Å². The number of hydrogen-bond donors (Lipinski definition) is 0. The minimum atomic E-state index is -0.439. The topological polar surface area (TPSA) is 46.6 Å². The first-order valence-corrected chi connectivity index (χ1v) is 8.10. The zero-order valence-corrected chi connectivity index (χ0v) is 13.9. The normalized spacial score (nSPS) is 13.9. The molecular formula is C18H27NO3. The van der Waals surface area contributed by atoms with Crippen LogP contribution in [0.25, 0.3) is 0 Å². The molecule has 0 aromatic heterocycles. The molecule has 2 rings (SSSR count). The Labute approximate surface area is 133 Å². The number of piperidine rings is 1. The maximum Gasteiger partial charge on any atom is 0.338 e. The van der Waals surface area contributed by atoms with Gasteiger partial charge in [0.25, 0.3) is 5.91 Å². The van der Waals surface area contributed by atoms with Gasteiger partial charge in [0, 0.05) is 13.1 Å². The van der Waals surface area contributed by atoms with Gasteiger partial charge in [0.05, 0.1) is 5.56 Å². The summed E-state index contributed by atoms with van der Waals surface area (Å²) in [6.45, 7) is 7.60. The fourth-order valence-corrected chi connectivity index (χ4v) is 2.13. The van der Waals surface area contributed by atoms with Crippen LogP contribution in [-0.2, 0) is 9.53 Å². The van der Waals surface area contributed by atoms with Gasteiger partial charge < -0.3 is 9.64 Å². The largest absolute Gasteiger partial charge is 0.452 e. The van der Waals surface area contributed by atoms with Gasteiger partial charge in [-0.2, -0.15) is 0 Å². The number of hydrogen-bond acceptors (Lipinski definition) is 3. The average molecular weight is 305 g/mol. The van der Waals surface area contributed by atoms with Crippen LogP contribution in [0.15, 0.2) is 24.3 Å². The van der Waals surface area contributed by atoms with Gasteiger partial charge in [0.1, 0.15) is 0 Å². The van der Waals surface area contributed by atoms with Crippen molar-refractivity contribution in [2.45, 2.75) is 46.5 Å². The predicted molar refractivity (Wildman–Crippen MR) is 87.9 cm³/mol. The highest BCUT2D eigenvalue weighted by molar-refractivity contribution is 5.91. The molecule has 0 spiro atoms. The monoisotopic (exact) mass is 305 g/mol. The molecule has 1 fully saturated rings. The molecular weight excluding hydrogens is 278 g/mol. The van der Waals surface area contributed by atoms with E-state index in [0.717, 1.165) is 31.5 Å². The standard InChI is InChI=1S/C15H19NO3.C3H8/c1-12-5-7-13(8-6-12)15(18)19-11-14(17)16-9-3-2-4-10-16;1-3-2/h5-8H,2-4,9-11H2,1H3;3H2,1-2H3. The smallest absolute Gasteiger partial charge is 0.338 e. The van der Waals surface area contributed by atoms with Gasteiger partial charge in [-0.1, -0.05) is 38.0 Å². The first-order chi connectivity index (χ1) is 10.6. The molecule has 0 unspecified atom stereocenters. The number of carbonyl (C=O) groups excluding carboxylic acids is 2. The molecule has 4 heteroatoms. The summed E-state index contributed by atoms with van der Waals surface area (Å²) >= 11 is 0. The van der Waals surface area contributed by atoms with E-state index in [9.17, 15) is 9.59 Å². The minimum Gasteiger partial charge on any atom is -0.452 e. The molecule has 0 aliphatic carbocycles. The number of ether oxygens (including phenoxy) is 1. The van der Waals surface area contributed by atoms with Crippen molar-refractivity contribution in [2.75, 3.05) is 19.7 Å². The number of nitrogens with zero attached hydrogens (tertiary/aromatic N) is 1. The number of rotatable bonds is 3. The van der Waals surface area contributed by atoms with Gasteiger partial charge in [-0.25, -0.2) is 4.79 Å². The first kappa shape index (κ1) is 18.2. The van der Waals surface area contributed by atoms with E-state index in [1.807, 2.05) is 19.1 Å². The van der Waals surface area contributed by atoms with Gasteiger partial charge in [-0.3, -0.25) is 4.79 Å². The molecule has 0 saturated carbocycles. The van der Waals surface area contributed by atoms with E-state index in [4.69, 9.17) is 4.74 Å². The second kappa shape index (κ2) is 9.98. The fourth-order valence-electron chi connectivity index (χ4n) is 2.13. The molecule has 0 N–H and O–H groups in total. The van der Waals surface area contributed by atoms with Crippen molar-refractivity contribution < 1.29 is 14.3 Å². The van der Waals surface area contributed by atoms with E-state index in [1.165, 1.54) is 12.8 Å². The Morgan fingerprint density at radius 2 is 1.59 bits per heavy atom. The molecule has 4 nitrogen and oxygen atoms in total. The van der Waals surface area contributed by atoms with Crippen molar-refractivity contribution in [3.05, 3.63) is 35.4 Å². The van der Waals surface area contributed by atoms with E-state index in [2.05, 4.69) is 13.8 Å². The predicted octanol–water partition coefficient (Wildman–Crippen LogP) is 3.58. The molecule has 1 heterocycles. The van der Waals surface area contributed by atoms with Crippen molar-refractivity contribution in [2.24, 2.45) is 0 Å². The molecule has 0 radical (unpaired) electrons. The molecule has 1 aromatic rings. The lowest BCUT2D eigenvalue weighted by Gasteiger charge is -2.26. The van der Waals surface area contributed by atoms with Crippen LogP contribution in [0.2, 0.25) is 0 Å². The maximum absolute atomic E-state index is 11.8. The van der Waals surface area contributed by atoms with Crippen LogP contribution in [0.5, 0.6) is 0 Å². The Balaban J connectivity index is 0.000000745. The van der Waals surface area contributed by atoms with Crippen LogP contribution in [0.4, 0.5) is 0 Å². The quantitative estimate of drug-likeness (QED) is 0.802. The molecule has 1 aliphatic heterocycles. The zero-order valence-electron chi connectivity index (χ0n) is 13.9. The summed E-state index contributed by atoms with van der Waals surface area (Å²) in [4.78, 5) is 25.4. The summed E-state index contributed by atoms with van der Waals surface area (Å²) < 4.78 is 5.05. The van der Waals surface area contributed by atoms with Crippen LogP contribution in [0.3, 0.4) is 0 Å². The molecule has 122 valence electrons. The number of amides is 1. The minimum absolute atomic E-state index is 0.0971. The number of carbonyl (C=O) groups is 2. The summed E-state index contributed by atoms with van der Waals surface area (Å²) in [5.41, 5.74) is 1.57. The lowest BCUT2D eigenvalue weighted by Crippen LogP contribution is -2.38. The molecule has 0 atom stereocenters. The second-order valence-corrected chi connectivity index (χ2v) is 5.59. The SMILES string of the molecule is CCC.Cc1ccc(C(=O)OCC(=O)N2CCCCC2)cc1. The van der Waals surface area contributed by atoms with Crippen LogP contribution < -0.4 is 0 Å². The third-order valence-electron chi connectivity index (χ3n) is 3.32. The molecule has 1 saturated heterocycles. The van der Waals surface area contributed by atoms with E-state index < -0.39 is 5.97 Å². The molecule has 22 heavy (non-hydrogen) atoms. The second-order valence-electron chi connectivity index (χ2n) is 5.59. The van der Waals surface area contributed by atoms with Gasteiger partial charge in [0.15, 0.2) is 6.61 Å². The van der Waals surface area contributed by atoms with Crippen molar-refractivity contribution in [3.63, 3.8) is 0 Å². The number of esters is 1. The summed E-state index contributed by atoms with van der Waals surface area (Å²) in [7, 11) is 0. The zero-order chi connectivity index (χ0) is 16.4. The Hall–Kier alpha value is -1.84.